The van der Waals surface area contributed by atoms with Crippen LogP contribution in [0.3, 0.4) is 0 Å². The van der Waals surface area contributed by atoms with Crippen molar-refractivity contribution in [2.24, 2.45) is 5.92 Å². The maximum Gasteiger partial charge on any atom is 0.425 e. The fourth-order valence-electron chi connectivity index (χ4n) is 2.74. The fraction of sp³-hybridized carbons (Fsp3) is 0.500. The van der Waals surface area contributed by atoms with Crippen molar-refractivity contribution < 1.29 is 27.5 Å². The lowest BCUT2D eigenvalue weighted by atomic mass is 10.1. The number of thiazole rings is 1. The number of nitrogens with one attached hydrogen (secondary N) is 2. The first kappa shape index (κ1) is 27.5. The normalized spacial score (nSPS) is 11.9. The summed E-state index contributed by atoms with van der Waals surface area (Å²) in [5, 5.41) is 4.06. The molecule has 0 radical (unpaired) electrons. The second kappa shape index (κ2) is 10.7. The summed E-state index contributed by atoms with van der Waals surface area (Å²) >= 11 is 1.24. The molecule has 0 saturated heterocycles. The highest BCUT2D eigenvalue weighted by Crippen LogP contribution is 2.36. The van der Waals surface area contributed by atoms with Crippen LogP contribution < -0.4 is 14.9 Å². The average molecular weight is 513 g/mol. The molecule has 0 unspecified atom stereocenters. The van der Waals surface area contributed by atoms with Crippen LogP contribution >= 0.6 is 11.3 Å². The third-order valence-electron chi connectivity index (χ3n) is 4.43. The number of nitrogens with zero attached hydrogens (tertiary/aromatic N) is 2. The Morgan fingerprint density at radius 3 is 2.41 bits per heavy atom. The van der Waals surface area contributed by atoms with Crippen LogP contribution in [-0.2, 0) is 19.6 Å². The van der Waals surface area contributed by atoms with Gasteiger partial charge in [0.05, 0.1) is 17.7 Å². The van der Waals surface area contributed by atoms with Crippen LogP contribution in [0.5, 0.6) is 5.75 Å². The number of amides is 2. The van der Waals surface area contributed by atoms with Crippen molar-refractivity contribution in [2.75, 3.05) is 19.0 Å². The van der Waals surface area contributed by atoms with E-state index < -0.39 is 21.7 Å². The zero-order valence-electron chi connectivity index (χ0n) is 20.7. The molecule has 0 fully saturated rings. The minimum absolute atomic E-state index is 0.0447. The Kier molecular flexibility index (Phi) is 8.67. The van der Waals surface area contributed by atoms with Gasteiger partial charge in [0, 0.05) is 12.5 Å². The monoisotopic (exact) mass is 512 g/mol. The molecule has 188 valence electrons. The SMILES string of the molecule is CCN(NS(=O)(=O)c1cc(-c2sc(NC(=O)C(C)C)nc2C)ccc1OC)C(=O)OC(C)(C)C. The maximum absolute atomic E-state index is 13.2. The van der Waals surface area contributed by atoms with Crippen LogP contribution in [0.15, 0.2) is 23.1 Å². The third kappa shape index (κ3) is 6.90. The molecule has 1 aromatic heterocycles. The number of sulfonamides is 1. The van der Waals surface area contributed by atoms with Gasteiger partial charge >= 0.3 is 6.09 Å². The zero-order chi connectivity index (χ0) is 25.8. The number of carbonyl (C=O) groups is 2. The highest BCUT2D eigenvalue weighted by molar-refractivity contribution is 7.89. The number of carbonyl (C=O) groups excluding carboxylic acids is 2. The number of hydrogen-bond donors (Lipinski definition) is 2. The summed E-state index contributed by atoms with van der Waals surface area (Å²) in [4.78, 5) is 31.6. The summed E-state index contributed by atoms with van der Waals surface area (Å²) < 4.78 is 37.0. The van der Waals surface area contributed by atoms with E-state index in [1.54, 1.807) is 54.5 Å². The van der Waals surface area contributed by atoms with E-state index >= 15 is 0 Å². The molecule has 0 aliphatic rings. The highest BCUT2D eigenvalue weighted by Gasteiger charge is 2.28. The van der Waals surface area contributed by atoms with Crippen molar-refractivity contribution in [2.45, 2.75) is 59.0 Å². The number of aryl methyl sites for hydroxylation is 1. The van der Waals surface area contributed by atoms with E-state index in [1.165, 1.54) is 30.6 Å². The van der Waals surface area contributed by atoms with Crippen LogP contribution in [0.25, 0.3) is 10.4 Å². The number of anilines is 1. The summed E-state index contributed by atoms with van der Waals surface area (Å²) in [5.41, 5.74) is 0.413. The van der Waals surface area contributed by atoms with Crippen molar-refractivity contribution in [3.8, 4) is 16.2 Å². The fourth-order valence-corrected chi connectivity index (χ4v) is 4.99. The lowest BCUT2D eigenvalue weighted by molar-refractivity contribution is -0.118. The van der Waals surface area contributed by atoms with E-state index in [1.807, 2.05) is 0 Å². The minimum atomic E-state index is -4.22. The van der Waals surface area contributed by atoms with Gasteiger partial charge in [-0.3, -0.25) is 4.79 Å². The lowest BCUT2D eigenvalue weighted by Gasteiger charge is -2.26. The number of ether oxygens (including phenoxy) is 2. The molecule has 12 heteroatoms. The number of aromatic nitrogens is 1. The molecular formula is C22H32N4O6S2. The van der Waals surface area contributed by atoms with Crippen LogP contribution in [-0.4, -0.2) is 49.7 Å². The summed E-state index contributed by atoms with van der Waals surface area (Å²) in [6, 6.07) is 4.68. The molecule has 10 nitrogen and oxygen atoms in total. The highest BCUT2D eigenvalue weighted by atomic mass is 32.2. The number of benzene rings is 1. The number of hydrogen-bond acceptors (Lipinski definition) is 8. The Morgan fingerprint density at radius 1 is 1.24 bits per heavy atom. The first-order valence-corrected chi connectivity index (χ1v) is 13.0. The zero-order valence-corrected chi connectivity index (χ0v) is 22.3. The van der Waals surface area contributed by atoms with Crippen molar-refractivity contribution in [3.63, 3.8) is 0 Å². The molecule has 0 bridgehead atoms. The molecule has 1 aromatic carbocycles. The summed E-state index contributed by atoms with van der Waals surface area (Å²) in [6.07, 6.45) is -0.822. The molecule has 2 amide bonds. The molecule has 0 aliphatic carbocycles. The Balaban J connectivity index is 2.43. The van der Waals surface area contributed by atoms with Crippen molar-refractivity contribution >= 4 is 38.5 Å². The second-order valence-electron chi connectivity index (χ2n) is 8.76. The van der Waals surface area contributed by atoms with Crippen molar-refractivity contribution in [3.05, 3.63) is 23.9 Å². The topological polar surface area (TPSA) is 127 Å². The number of methoxy groups -OCH3 is 1. The van der Waals surface area contributed by atoms with Gasteiger partial charge in [-0.15, -0.1) is 4.83 Å². The Bertz CT molecular complexity index is 1150. The largest absolute Gasteiger partial charge is 0.495 e. The summed E-state index contributed by atoms with van der Waals surface area (Å²) in [7, 11) is -2.86. The van der Waals surface area contributed by atoms with Crippen LogP contribution in [0.4, 0.5) is 9.93 Å². The molecule has 0 spiro atoms. The molecule has 34 heavy (non-hydrogen) atoms. The van der Waals surface area contributed by atoms with E-state index in [2.05, 4.69) is 15.1 Å². The van der Waals surface area contributed by atoms with Gasteiger partial charge in [-0.1, -0.05) is 25.2 Å². The molecule has 2 aromatic rings. The smallest absolute Gasteiger partial charge is 0.425 e. The van der Waals surface area contributed by atoms with E-state index in [9.17, 15) is 18.0 Å². The Labute approximate surface area is 204 Å². The Morgan fingerprint density at radius 2 is 1.88 bits per heavy atom. The van der Waals surface area contributed by atoms with E-state index in [0.29, 0.717) is 21.3 Å². The van der Waals surface area contributed by atoms with Gasteiger partial charge in [0.25, 0.3) is 10.0 Å². The lowest BCUT2D eigenvalue weighted by Crippen LogP contribution is -2.48. The van der Waals surface area contributed by atoms with E-state index in [-0.39, 0.29) is 29.0 Å². The Hall–Kier alpha value is -2.70. The first-order chi connectivity index (χ1) is 15.7. The standard InChI is InChI=1S/C22H32N4O6S2/c1-9-26(21(28)32-22(5,6)7)25-34(29,30)17-12-15(10-11-16(17)31-8)18-14(4)23-20(33-18)24-19(27)13(2)3/h10-13,25H,9H2,1-8H3,(H,23,24,27). The molecule has 2 rings (SSSR count). The van der Waals surface area contributed by atoms with Crippen LogP contribution in [0.1, 0.15) is 47.2 Å². The van der Waals surface area contributed by atoms with E-state index in [0.717, 1.165) is 5.01 Å². The van der Waals surface area contributed by atoms with Gasteiger partial charge in [0.15, 0.2) is 5.13 Å². The molecule has 0 aliphatic heterocycles. The average Bonchev–Trinajstić information content (AvgIpc) is 3.09. The van der Waals surface area contributed by atoms with Gasteiger partial charge in [-0.2, -0.15) is 0 Å². The van der Waals surface area contributed by atoms with E-state index in [4.69, 9.17) is 9.47 Å². The molecule has 0 atom stereocenters. The van der Waals surface area contributed by atoms with Crippen LogP contribution in [0, 0.1) is 12.8 Å². The predicted molar refractivity (Wildman–Crippen MR) is 131 cm³/mol. The van der Waals surface area contributed by atoms with Gasteiger partial charge in [-0.05, 0) is 58.4 Å². The van der Waals surface area contributed by atoms with Crippen molar-refractivity contribution in [1.82, 2.24) is 14.8 Å². The molecule has 0 saturated carbocycles. The maximum atomic E-state index is 13.2. The third-order valence-corrected chi connectivity index (χ3v) is 6.91. The van der Waals surface area contributed by atoms with Gasteiger partial charge < -0.3 is 14.8 Å². The number of rotatable bonds is 8. The molecule has 1 heterocycles. The predicted octanol–water partition coefficient (Wildman–Crippen LogP) is 4.17. The van der Waals surface area contributed by atoms with Gasteiger partial charge in [0.2, 0.25) is 5.91 Å². The van der Waals surface area contributed by atoms with Gasteiger partial charge in [0.1, 0.15) is 16.2 Å². The van der Waals surface area contributed by atoms with Gasteiger partial charge in [-0.25, -0.2) is 23.2 Å². The summed E-state index contributed by atoms with van der Waals surface area (Å²) in [6.45, 7) is 12.1. The first-order valence-electron chi connectivity index (χ1n) is 10.7. The molecule has 2 N–H and O–H groups in total. The minimum Gasteiger partial charge on any atom is -0.495 e. The molecular weight excluding hydrogens is 480 g/mol. The van der Waals surface area contributed by atoms with Crippen molar-refractivity contribution in [1.29, 1.82) is 0 Å². The summed E-state index contributed by atoms with van der Waals surface area (Å²) in [5.74, 6) is -0.265. The quantitative estimate of drug-likeness (QED) is 0.508. The van der Waals surface area contributed by atoms with Crippen LogP contribution in [0.2, 0.25) is 0 Å². The number of hydrazine groups is 1. The second-order valence-corrected chi connectivity index (χ2v) is 11.4.